The number of aromatic nitrogens is 2. The van der Waals surface area contributed by atoms with Crippen LogP contribution in [-0.4, -0.2) is 73.6 Å². The number of nitrogens with zero attached hydrogens (tertiary/aromatic N) is 2. The van der Waals surface area contributed by atoms with Gasteiger partial charge in [0.25, 0.3) is 0 Å². The molecule has 3 rings (SSSR count). The van der Waals surface area contributed by atoms with Gasteiger partial charge in [0.15, 0.2) is 0 Å². The van der Waals surface area contributed by atoms with E-state index in [-0.39, 0.29) is 23.0 Å². The molecule has 1 aliphatic heterocycles. The molecule has 0 spiro atoms. The lowest BCUT2D eigenvalue weighted by Gasteiger charge is -2.39. The molecular weight excluding hydrogens is 416 g/mol. The first-order chi connectivity index (χ1) is 16.2. The van der Waals surface area contributed by atoms with Crippen LogP contribution in [-0.2, 0) is 11.1 Å². The monoisotopic (exact) mass is 453 g/mol. The summed E-state index contributed by atoms with van der Waals surface area (Å²) >= 11 is 0. The Morgan fingerprint density at radius 1 is 1.12 bits per heavy atom. The molecule has 0 saturated carbocycles. The molecule has 1 aromatic carbocycles. The summed E-state index contributed by atoms with van der Waals surface area (Å²) in [6.07, 6.45) is -10.8. The number of aliphatic hydroxyl groups excluding tert-OH is 4. The Bertz CT molecular complexity index is 1010. The number of aliphatic hydroxyl groups is 4. The Kier molecular flexibility index (Phi) is 6.50. The summed E-state index contributed by atoms with van der Waals surface area (Å²) in [6, 6.07) is 6.09. The van der Waals surface area contributed by atoms with Gasteiger partial charge in [-0.15, -0.1) is 5.10 Å². The van der Waals surface area contributed by atoms with Gasteiger partial charge in [0, 0.05) is 26.4 Å². The van der Waals surface area contributed by atoms with Crippen molar-refractivity contribution in [2.75, 3.05) is 6.61 Å². The van der Waals surface area contributed by atoms with Crippen LogP contribution in [0.15, 0.2) is 24.3 Å². The average molecular weight is 454 g/mol. The molecule has 9 nitrogen and oxygen atoms in total. The molecule has 0 bridgehead atoms. The zero-order valence-electron chi connectivity index (χ0n) is 21.9. The predicted molar refractivity (Wildman–Crippen MR) is 117 cm³/mol. The summed E-state index contributed by atoms with van der Waals surface area (Å²) in [4.78, 5) is 0. The summed E-state index contributed by atoms with van der Waals surface area (Å²) < 4.78 is 44.0. The van der Waals surface area contributed by atoms with E-state index in [1.165, 1.54) is 0 Å². The highest BCUT2D eigenvalue weighted by Gasteiger charge is 2.45. The quantitative estimate of drug-likeness (QED) is 0.472. The predicted octanol–water partition coefficient (Wildman–Crippen LogP) is 1.33. The van der Waals surface area contributed by atoms with Gasteiger partial charge >= 0.3 is 0 Å². The minimum Gasteiger partial charge on any atom is -0.491 e. The molecule has 1 aliphatic rings. The van der Waals surface area contributed by atoms with Gasteiger partial charge < -0.3 is 34.6 Å². The van der Waals surface area contributed by atoms with Crippen molar-refractivity contribution in [3.8, 4) is 11.6 Å². The smallest absolute Gasteiger partial charge is 0.239 e. The van der Waals surface area contributed by atoms with E-state index in [0.29, 0.717) is 11.4 Å². The highest BCUT2D eigenvalue weighted by Crippen LogP contribution is 2.31. The molecule has 4 N–H and O–H groups in total. The summed E-state index contributed by atoms with van der Waals surface area (Å²) in [7, 11) is 0. The Balaban J connectivity index is 2.00. The topological polar surface area (TPSA) is 126 Å². The van der Waals surface area contributed by atoms with E-state index >= 15 is 0 Å². The van der Waals surface area contributed by atoms with Crippen molar-refractivity contribution in [3.05, 3.63) is 41.1 Å². The van der Waals surface area contributed by atoms with Gasteiger partial charge in [0.2, 0.25) is 12.2 Å². The second kappa shape index (κ2) is 10.2. The molecule has 0 unspecified atom stereocenters. The van der Waals surface area contributed by atoms with Gasteiger partial charge in [-0.1, -0.05) is 12.1 Å². The second-order valence-corrected chi connectivity index (χ2v) is 8.28. The SMILES string of the molecule is [2H]C(C)(C)Oc1ccc(C([2H])([2H])c2c(O[C@@H]3O[C@H](CO)[C@@H](O)[C@H](O)[C@H]3O)nn(C(C)C)c2C)cc1. The minimum absolute atomic E-state index is 0.0950. The molecule has 1 saturated heterocycles. The van der Waals surface area contributed by atoms with Crippen LogP contribution in [0.3, 0.4) is 0 Å². The number of benzene rings is 1. The van der Waals surface area contributed by atoms with Crippen molar-refractivity contribution in [1.29, 1.82) is 0 Å². The third kappa shape index (κ3) is 5.24. The molecule has 178 valence electrons. The molecule has 2 aromatic rings. The van der Waals surface area contributed by atoms with Gasteiger partial charge in [-0.2, -0.15) is 0 Å². The molecule has 9 heteroatoms. The molecule has 1 fully saturated rings. The fraction of sp³-hybridized carbons (Fsp3) is 0.609. The zero-order chi connectivity index (χ0) is 26.3. The molecule has 0 amide bonds. The van der Waals surface area contributed by atoms with Crippen LogP contribution in [0.2, 0.25) is 0 Å². The van der Waals surface area contributed by atoms with E-state index in [0.717, 1.165) is 0 Å². The lowest BCUT2D eigenvalue weighted by atomic mass is 9.99. The highest BCUT2D eigenvalue weighted by molar-refractivity contribution is 5.38. The largest absolute Gasteiger partial charge is 0.491 e. The van der Waals surface area contributed by atoms with Crippen LogP contribution in [0, 0.1) is 6.92 Å². The maximum absolute atomic E-state index is 10.4. The van der Waals surface area contributed by atoms with Crippen LogP contribution in [0.5, 0.6) is 11.6 Å². The Hall–Kier alpha value is -2.17. The molecule has 0 radical (unpaired) electrons. The number of rotatable bonds is 8. The normalized spacial score (nSPS) is 28.2. The third-order valence-corrected chi connectivity index (χ3v) is 5.13. The molecule has 1 aromatic heterocycles. The summed E-state index contributed by atoms with van der Waals surface area (Å²) in [6.45, 7) is 7.98. The van der Waals surface area contributed by atoms with Crippen LogP contribution in [0.25, 0.3) is 0 Å². The van der Waals surface area contributed by atoms with E-state index in [2.05, 4.69) is 5.10 Å². The first-order valence-corrected chi connectivity index (χ1v) is 10.5. The minimum atomic E-state index is -2.10. The van der Waals surface area contributed by atoms with Gasteiger partial charge in [-0.05, 0) is 52.3 Å². The van der Waals surface area contributed by atoms with E-state index in [1.807, 2.05) is 13.8 Å². The van der Waals surface area contributed by atoms with Crippen molar-refractivity contribution in [2.45, 2.75) is 83.8 Å². The third-order valence-electron chi connectivity index (χ3n) is 5.13. The number of hydrogen-bond acceptors (Lipinski definition) is 8. The first-order valence-electron chi connectivity index (χ1n) is 12.0. The van der Waals surface area contributed by atoms with Crippen molar-refractivity contribution >= 4 is 0 Å². The van der Waals surface area contributed by atoms with E-state index in [9.17, 15) is 20.4 Å². The lowest BCUT2D eigenvalue weighted by Crippen LogP contribution is -2.60. The molecular formula is C23H34N2O7. The van der Waals surface area contributed by atoms with Crippen molar-refractivity contribution in [2.24, 2.45) is 0 Å². The second-order valence-electron chi connectivity index (χ2n) is 8.28. The van der Waals surface area contributed by atoms with E-state index < -0.39 is 49.8 Å². The summed E-state index contributed by atoms with van der Waals surface area (Å²) in [5.74, 6) is 0.259. The van der Waals surface area contributed by atoms with Crippen LogP contribution in [0.1, 0.15) is 54.7 Å². The molecule has 2 heterocycles. The number of ether oxygens (including phenoxy) is 3. The van der Waals surface area contributed by atoms with Crippen LogP contribution in [0.4, 0.5) is 0 Å². The van der Waals surface area contributed by atoms with Gasteiger partial charge in [-0.25, -0.2) is 0 Å². The molecule has 0 aliphatic carbocycles. The fourth-order valence-corrected chi connectivity index (χ4v) is 3.48. The lowest BCUT2D eigenvalue weighted by molar-refractivity contribution is -0.278. The Labute approximate surface area is 192 Å². The van der Waals surface area contributed by atoms with Gasteiger partial charge in [-0.3, -0.25) is 4.68 Å². The standard InChI is InChI=1S/C23H34N2O7/c1-12(2)25-14(5)17(10-15-6-8-16(9-7-15)30-13(3)4)22(24-25)32-23-21(29)20(28)19(27)18(11-26)31-23/h6-9,12-13,18-21,23,26-29H,10-11H2,1-5H3/t18-,19-,20+,21-,23+/m1/s1/i10D2,13D. The number of hydrogen-bond donors (Lipinski definition) is 4. The summed E-state index contributed by atoms with van der Waals surface area (Å²) in [5.41, 5.74) is 0.854. The van der Waals surface area contributed by atoms with Gasteiger partial charge in [0.05, 0.1) is 14.1 Å². The van der Waals surface area contributed by atoms with Crippen molar-refractivity contribution in [3.63, 3.8) is 0 Å². The van der Waals surface area contributed by atoms with Crippen molar-refractivity contribution in [1.82, 2.24) is 9.78 Å². The highest BCUT2D eigenvalue weighted by atomic mass is 16.7. The first kappa shape index (κ1) is 20.4. The Morgan fingerprint density at radius 3 is 2.34 bits per heavy atom. The molecule has 32 heavy (non-hydrogen) atoms. The maximum atomic E-state index is 10.4. The van der Waals surface area contributed by atoms with E-state index in [4.69, 9.17) is 18.3 Å². The average Bonchev–Trinajstić information content (AvgIpc) is 3.10. The summed E-state index contributed by atoms with van der Waals surface area (Å²) in [5, 5.41) is 44.4. The maximum Gasteiger partial charge on any atom is 0.239 e. The van der Waals surface area contributed by atoms with Crippen molar-refractivity contribution < 1.29 is 38.7 Å². The Morgan fingerprint density at radius 2 is 1.78 bits per heavy atom. The van der Waals surface area contributed by atoms with Crippen LogP contribution >= 0.6 is 0 Å². The fourth-order valence-electron chi connectivity index (χ4n) is 3.48. The van der Waals surface area contributed by atoms with E-state index in [1.54, 1.807) is 49.7 Å². The zero-order valence-corrected chi connectivity index (χ0v) is 18.9. The van der Waals surface area contributed by atoms with Crippen LogP contribution < -0.4 is 9.47 Å². The molecule has 5 atom stereocenters. The van der Waals surface area contributed by atoms with Gasteiger partial charge in [0.1, 0.15) is 30.2 Å².